The zero-order chi connectivity index (χ0) is 35.3. The number of amides is 5. The van der Waals surface area contributed by atoms with Crippen molar-refractivity contribution in [3.63, 3.8) is 0 Å². The molecule has 0 aliphatic carbocycles. The van der Waals surface area contributed by atoms with E-state index in [9.17, 15) is 24.0 Å². The summed E-state index contributed by atoms with van der Waals surface area (Å²) in [7, 11) is 0. The number of nitrogens with zero attached hydrogens (tertiary/aromatic N) is 3. The smallest absolute Gasteiger partial charge is 0.251 e. The van der Waals surface area contributed by atoms with E-state index in [-0.39, 0.29) is 30.6 Å². The van der Waals surface area contributed by atoms with Crippen LogP contribution in [-0.2, 0) is 38.7 Å². The van der Waals surface area contributed by atoms with Crippen molar-refractivity contribution < 1.29 is 24.0 Å². The maximum atomic E-state index is 13.7. The van der Waals surface area contributed by atoms with E-state index in [4.69, 9.17) is 0 Å². The number of hydrogen-bond donors (Lipinski definition) is 4. The van der Waals surface area contributed by atoms with Crippen molar-refractivity contribution >= 4 is 29.5 Å². The third-order valence-electron chi connectivity index (χ3n) is 8.42. The lowest BCUT2D eigenvalue weighted by atomic mass is 10.0. The van der Waals surface area contributed by atoms with E-state index in [2.05, 4.69) is 26.4 Å². The van der Waals surface area contributed by atoms with Crippen LogP contribution in [0.15, 0.2) is 66.9 Å². The van der Waals surface area contributed by atoms with Crippen LogP contribution in [0.4, 0.5) is 0 Å². The van der Waals surface area contributed by atoms with E-state index in [1.54, 1.807) is 28.6 Å². The van der Waals surface area contributed by atoms with E-state index in [0.29, 0.717) is 51.0 Å². The fourth-order valence-electron chi connectivity index (χ4n) is 5.68. The minimum atomic E-state index is -0.974. The normalized spacial score (nSPS) is 20.2. The Morgan fingerprint density at radius 1 is 0.878 bits per heavy atom. The maximum Gasteiger partial charge on any atom is 0.251 e. The summed E-state index contributed by atoms with van der Waals surface area (Å²) in [6, 6.07) is 15.5. The van der Waals surface area contributed by atoms with Gasteiger partial charge in [-0.2, -0.15) is 5.10 Å². The molecule has 49 heavy (non-hydrogen) atoms. The molecule has 2 aliphatic heterocycles. The van der Waals surface area contributed by atoms with Crippen molar-refractivity contribution in [1.82, 2.24) is 35.9 Å². The highest BCUT2D eigenvalue weighted by Gasteiger charge is 2.29. The first-order valence-electron chi connectivity index (χ1n) is 17.1. The highest BCUT2D eigenvalue weighted by atomic mass is 16.2. The molecule has 2 bridgehead atoms. The van der Waals surface area contributed by atoms with E-state index in [1.165, 1.54) is 0 Å². The number of aryl methyl sites for hydroxylation is 2. The molecule has 0 saturated heterocycles. The Balaban J connectivity index is 1.57. The van der Waals surface area contributed by atoms with Crippen LogP contribution in [0.3, 0.4) is 0 Å². The fourth-order valence-corrected chi connectivity index (χ4v) is 5.68. The maximum absolute atomic E-state index is 13.7. The second-order valence-electron chi connectivity index (χ2n) is 13.1. The first kappa shape index (κ1) is 36.8. The molecule has 12 nitrogen and oxygen atoms in total. The second kappa shape index (κ2) is 18.0. The number of benzene rings is 2. The Morgan fingerprint density at radius 3 is 2.27 bits per heavy atom. The largest absolute Gasteiger partial charge is 0.354 e. The van der Waals surface area contributed by atoms with E-state index in [1.807, 2.05) is 75.5 Å². The molecule has 0 spiro atoms. The minimum Gasteiger partial charge on any atom is -0.354 e. The van der Waals surface area contributed by atoms with Gasteiger partial charge in [0.25, 0.3) is 5.91 Å². The van der Waals surface area contributed by atoms with Gasteiger partial charge >= 0.3 is 0 Å². The van der Waals surface area contributed by atoms with Crippen LogP contribution in [-0.4, -0.2) is 75.4 Å². The molecular weight excluding hydrogens is 622 g/mol. The van der Waals surface area contributed by atoms with Crippen molar-refractivity contribution in [1.29, 1.82) is 0 Å². The molecule has 3 aromatic rings. The number of carbonyl (C=O) groups excluding carboxylic acids is 5. The summed E-state index contributed by atoms with van der Waals surface area (Å²) in [6.45, 7) is 9.05. The number of carbonyl (C=O) groups is 5. The van der Waals surface area contributed by atoms with Gasteiger partial charge in [0.1, 0.15) is 18.1 Å². The molecule has 1 aromatic heterocycles. The van der Waals surface area contributed by atoms with Crippen molar-refractivity contribution in [2.75, 3.05) is 13.1 Å². The van der Waals surface area contributed by atoms with Crippen LogP contribution in [0, 0.1) is 12.8 Å². The van der Waals surface area contributed by atoms with E-state index >= 15 is 0 Å². The number of fused-ring (bicyclic) bond motifs is 18. The Morgan fingerprint density at radius 2 is 1.59 bits per heavy atom. The molecule has 3 atom stereocenters. The Bertz CT molecular complexity index is 1570. The van der Waals surface area contributed by atoms with Gasteiger partial charge in [-0.1, -0.05) is 56.3 Å². The summed E-state index contributed by atoms with van der Waals surface area (Å²) in [5, 5.41) is 15.7. The molecule has 5 amide bonds. The van der Waals surface area contributed by atoms with Gasteiger partial charge in [-0.25, -0.2) is 0 Å². The standard InChI is InChI=1S/C37H49N7O5/c1-25(2)22-31-36(48)39-27(4)34(46)38-18-8-9-19-43(33(45)17-21-44-20-16-26(3)42-44)24-29-12-14-30(15-13-29)35(47)40-32(37(49)41-31)23-28-10-6-5-7-11-28/h5-7,10-16,20,25,27,31-32H,8-9,17-19,21-24H2,1-4H3,(H,38,46)(H,39,48)(H,40,47)(H,41,49)/t27-,31+,32-/m1/s1. The summed E-state index contributed by atoms with van der Waals surface area (Å²) in [5.74, 6) is -1.72. The lowest BCUT2D eigenvalue weighted by Crippen LogP contribution is -2.57. The number of hydrogen-bond acceptors (Lipinski definition) is 6. The van der Waals surface area contributed by atoms with Crippen molar-refractivity contribution in [3.8, 4) is 0 Å². The highest BCUT2D eigenvalue weighted by Crippen LogP contribution is 2.13. The predicted molar refractivity (Wildman–Crippen MR) is 186 cm³/mol. The van der Waals surface area contributed by atoms with Crippen molar-refractivity contribution in [3.05, 3.63) is 89.2 Å². The molecule has 3 heterocycles. The molecule has 0 fully saturated rings. The Hall–Kier alpha value is -5.00. The molecule has 0 saturated carbocycles. The SMILES string of the molecule is Cc1ccn(CCC(=O)N2CCCCNC(=O)[C@@H](C)NC(=O)[C@H](CC(C)C)NC(=O)[C@@H](Cc3ccccc3)NC(=O)c3ccc(cc3)C2)n1. The summed E-state index contributed by atoms with van der Waals surface area (Å²) < 4.78 is 1.75. The van der Waals surface area contributed by atoms with Crippen molar-refractivity contribution in [2.24, 2.45) is 5.92 Å². The Labute approximate surface area is 288 Å². The van der Waals surface area contributed by atoms with Gasteiger partial charge in [0.05, 0.1) is 5.69 Å². The summed E-state index contributed by atoms with van der Waals surface area (Å²) >= 11 is 0. The molecular formula is C37H49N7O5. The topological polar surface area (TPSA) is 155 Å². The van der Waals surface area contributed by atoms with Crippen LogP contribution in [0.2, 0.25) is 0 Å². The van der Waals surface area contributed by atoms with Gasteiger partial charge in [-0.15, -0.1) is 0 Å². The number of rotatable bonds is 7. The van der Waals surface area contributed by atoms with Crippen molar-refractivity contribution in [2.45, 2.75) is 91.0 Å². The predicted octanol–water partition coefficient (Wildman–Crippen LogP) is 2.90. The summed E-state index contributed by atoms with van der Waals surface area (Å²) in [6.07, 6.45) is 3.96. The average molecular weight is 672 g/mol. The monoisotopic (exact) mass is 671 g/mol. The first-order chi connectivity index (χ1) is 23.5. The first-order valence-corrected chi connectivity index (χ1v) is 17.1. The quantitative estimate of drug-likeness (QED) is 0.284. The van der Waals surface area contributed by atoms with Gasteiger partial charge in [0.2, 0.25) is 23.6 Å². The lowest BCUT2D eigenvalue weighted by molar-refractivity contribution is -0.132. The van der Waals surface area contributed by atoms with Crippen LogP contribution < -0.4 is 21.3 Å². The third-order valence-corrected chi connectivity index (χ3v) is 8.42. The fraction of sp³-hybridized carbons (Fsp3) is 0.459. The van der Waals surface area contributed by atoms with E-state index in [0.717, 1.165) is 16.8 Å². The zero-order valence-corrected chi connectivity index (χ0v) is 28.9. The average Bonchev–Trinajstić information content (AvgIpc) is 3.50. The molecule has 2 aromatic carbocycles. The summed E-state index contributed by atoms with van der Waals surface area (Å²) in [5.41, 5.74) is 2.94. The van der Waals surface area contributed by atoms with Gasteiger partial charge in [0.15, 0.2) is 0 Å². The van der Waals surface area contributed by atoms with Gasteiger partial charge < -0.3 is 26.2 Å². The van der Waals surface area contributed by atoms with Gasteiger partial charge in [0, 0.05) is 50.8 Å². The molecule has 0 unspecified atom stereocenters. The lowest BCUT2D eigenvalue weighted by Gasteiger charge is -2.25. The molecule has 262 valence electrons. The minimum absolute atomic E-state index is 0.0283. The van der Waals surface area contributed by atoms with Gasteiger partial charge in [-0.05, 0) is 68.4 Å². The molecule has 5 rings (SSSR count). The number of aromatic nitrogens is 2. The molecule has 12 heteroatoms. The molecule has 4 N–H and O–H groups in total. The summed E-state index contributed by atoms with van der Waals surface area (Å²) in [4.78, 5) is 68.7. The Kier molecular flexibility index (Phi) is 13.5. The van der Waals surface area contributed by atoms with Crippen LogP contribution >= 0.6 is 0 Å². The second-order valence-corrected chi connectivity index (χ2v) is 13.1. The molecule has 0 radical (unpaired) electrons. The van der Waals surface area contributed by atoms with E-state index < -0.39 is 35.8 Å². The van der Waals surface area contributed by atoms with Gasteiger partial charge in [-0.3, -0.25) is 28.7 Å². The highest BCUT2D eigenvalue weighted by molar-refractivity contribution is 5.99. The molecule has 2 aliphatic rings. The third kappa shape index (κ3) is 11.6. The zero-order valence-electron chi connectivity index (χ0n) is 28.9. The van der Waals surface area contributed by atoms with Crippen LogP contribution in [0.5, 0.6) is 0 Å². The number of nitrogens with one attached hydrogen (secondary N) is 4. The van der Waals surface area contributed by atoms with Crippen LogP contribution in [0.1, 0.15) is 73.6 Å². The van der Waals surface area contributed by atoms with Crippen LogP contribution in [0.25, 0.3) is 0 Å².